The predicted octanol–water partition coefficient (Wildman–Crippen LogP) is 1.88. The SMILES string of the molecule is O=C(CN1N=C(c2ccc(Cl)cc2)CCC1=O)NCCN1CCCC1. The Hall–Kier alpha value is -1.92. The predicted molar refractivity (Wildman–Crippen MR) is 97.6 cm³/mol. The summed E-state index contributed by atoms with van der Waals surface area (Å²) >= 11 is 5.91. The van der Waals surface area contributed by atoms with Crippen molar-refractivity contribution in [3.8, 4) is 0 Å². The van der Waals surface area contributed by atoms with Crippen LogP contribution in [0, 0.1) is 0 Å². The van der Waals surface area contributed by atoms with Crippen molar-refractivity contribution < 1.29 is 9.59 Å². The van der Waals surface area contributed by atoms with Crippen molar-refractivity contribution >= 4 is 29.1 Å². The Morgan fingerprint density at radius 2 is 1.88 bits per heavy atom. The molecule has 3 rings (SSSR count). The first kappa shape index (κ1) is 17.9. The van der Waals surface area contributed by atoms with Gasteiger partial charge in [-0.2, -0.15) is 5.10 Å². The highest BCUT2D eigenvalue weighted by atomic mass is 35.5. The van der Waals surface area contributed by atoms with E-state index in [1.807, 2.05) is 12.1 Å². The molecular weight excluding hydrogens is 340 g/mol. The Balaban J connectivity index is 1.54. The molecule has 134 valence electrons. The van der Waals surface area contributed by atoms with E-state index < -0.39 is 0 Å². The van der Waals surface area contributed by atoms with Gasteiger partial charge in [0.1, 0.15) is 6.54 Å². The zero-order chi connectivity index (χ0) is 17.6. The molecule has 0 unspecified atom stereocenters. The summed E-state index contributed by atoms with van der Waals surface area (Å²) in [5.74, 6) is -0.291. The number of halogens is 1. The topological polar surface area (TPSA) is 65.0 Å². The van der Waals surface area contributed by atoms with Crippen molar-refractivity contribution in [1.29, 1.82) is 0 Å². The van der Waals surface area contributed by atoms with Crippen LogP contribution in [-0.4, -0.2) is 60.2 Å². The number of benzene rings is 1. The van der Waals surface area contributed by atoms with Crippen LogP contribution >= 0.6 is 11.6 Å². The minimum Gasteiger partial charge on any atom is -0.353 e. The Morgan fingerprint density at radius 3 is 2.60 bits per heavy atom. The second kappa shape index (κ2) is 8.45. The monoisotopic (exact) mass is 362 g/mol. The fourth-order valence-corrected chi connectivity index (χ4v) is 3.25. The number of amides is 2. The van der Waals surface area contributed by atoms with Crippen LogP contribution in [0.2, 0.25) is 5.02 Å². The molecule has 0 spiro atoms. The van der Waals surface area contributed by atoms with E-state index in [0.29, 0.717) is 24.4 Å². The molecule has 2 aliphatic heterocycles. The van der Waals surface area contributed by atoms with E-state index in [1.165, 1.54) is 17.9 Å². The number of nitrogens with one attached hydrogen (secondary N) is 1. The van der Waals surface area contributed by atoms with Crippen molar-refractivity contribution in [2.45, 2.75) is 25.7 Å². The molecule has 2 aliphatic rings. The Kier molecular flexibility index (Phi) is 6.04. The smallest absolute Gasteiger partial charge is 0.243 e. The molecular formula is C18H23ClN4O2. The van der Waals surface area contributed by atoms with Crippen molar-refractivity contribution in [2.75, 3.05) is 32.7 Å². The summed E-state index contributed by atoms with van der Waals surface area (Å²) in [5.41, 5.74) is 1.73. The van der Waals surface area contributed by atoms with E-state index in [9.17, 15) is 9.59 Å². The summed E-state index contributed by atoms with van der Waals surface area (Å²) < 4.78 is 0. The van der Waals surface area contributed by atoms with Crippen LogP contribution in [-0.2, 0) is 9.59 Å². The van der Waals surface area contributed by atoms with Gasteiger partial charge in [0, 0.05) is 31.0 Å². The van der Waals surface area contributed by atoms with Crippen LogP contribution in [0.1, 0.15) is 31.2 Å². The highest BCUT2D eigenvalue weighted by Gasteiger charge is 2.23. The van der Waals surface area contributed by atoms with Crippen LogP contribution < -0.4 is 5.32 Å². The van der Waals surface area contributed by atoms with Crippen LogP contribution in [0.5, 0.6) is 0 Å². The van der Waals surface area contributed by atoms with E-state index in [2.05, 4.69) is 15.3 Å². The minimum atomic E-state index is -0.173. The molecule has 2 heterocycles. The van der Waals surface area contributed by atoms with Gasteiger partial charge in [-0.05, 0) is 43.6 Å². The summed E-state index contributed by atoms with van der Waals surface area (Å²) in [5, 5.41) is 9.19. The maximum Gasteiger partial charge on any atom is 0.243 e. The minimum absolute atomic E-state index is 0.0318. The molecule has 0 aliphatic carbocycles. The first-order valence-electron chi connectivity index (χ1n) is 8.74. The quantitative estimate of drug-likeness (QED) is 0.840. The van der Waals surface area contributed by atoms with Gasteiger partial charge in [0.25, 0.3) is 0 Å². The van der Waals surface area contributed by atoms with E-state index in [0.717, 1.165) is 30.9 Å². The first-order chi connectivity index (χ1) is 12.1. The van der Waals surface area contributed by atoms with Gasteiger partial charge < -0.3 is 10.2 Å². The summed E-state index contributed by atoms with van der Waals surface area (Å²) in [4.78, 5) is 26.5. The largest absolute Gasteiger partial charge is 0.353 e. The number of hydrogen-bond donors (Lipinski definition) is 1. The van der Waals surface area contributed by atoms with Gasteiger partial charge in [0.05, 0.1) is 5.71 Å². The van der Waals surface area contributed by atoms with Crippen LogP contribution in [0.15, 0.2) is 29.4 Å². The summed E-state index contributed by atoms with van der Waals surface area (Å²) in [6.45, 7) is 3.65. The maximum atomic E-state index is 12.1. The molecule has 6 nitrogen and oxygen atoms in total. The van der Waals surface area contributed by atoms with Gasteiger partial charge in [-0.3, -0.25) is 9.59 Å². The molecule has 7 heteroatoms. The van der Waals surface area contributed by atoms with E-state index in [1.54, 1.807) is 12.1 Å². The molecule has 1 N–H and O–H groups in total. The molecule has 0 bridgehead atoms. The lowest BCUT2D eigenvalue weighted by Crippen LogP contribution is -2.42. The average Bonchev–Trinajstić information content (AvgIpc) is 3.11. The lowest BCUT2D eigenvalue weighted by atomic mass is 10.0. The number of carbonyl (C=O) groups is 2. The van der Waals surface area contributed by atoms with Crippen molar-refractivity contribution in [3.05, 3.63) is 34.9 Å². The number of carbonyl (C=O) groups excluding carboxylic acids is 2. The van der Waals surface area contributed by atoms with Crippen molar-refractivity contribution in [2.24, 2.45) is 5.10 Å². The van der Waals surface area contributed by atoms with E-state index in [4.69, 9.17) is 11.6 Å². The number of hydrazone groups is 1. The van der Waals surface area contributed by atoms with Gasteiger partial charge in [-0.15, -0.1) is 0 Å². The molecule has 2 amide bonds. The average molecular weight is 363 g/mol. The van der Waals surface area contributed by atoms with Crippen LogP contribution in [0.3, 0.4) is 0 Å². The number of likely N-dealkylation sites (tertiary alicyclic amines) is 1. The number of rotatable bonds is 6. The Bertz CT molecular complexity index is 654. The van der Waals surface area contributed by atoms with Crippen molar-refractivity contribution in [3.63, 3.8) is 0 Å². The summed E-state index contributed by atoms with van der Waals surface area (Å²) in [7, 11) is 0. The third-order valence-electron chi connectivity index (χ3n) is 4.52. The Morgan fingerprint density at radius 1 is 1.16 bits per heavy atom. The van der Waals surface area contributed by atoms with Gasteiger partial charge in [0.15, 0.2) is 0 Å². The van der Waals surface area contributed by atoms with Gasteiger partial charge >= 0.3 is 0 Å². The van der Waals surface area contributed by atoms with E-state index >= 15 is 0 Å². The lowest BCUT2D eigenvalue weighted by Gasteiger charge is -2.23. The van der Waals surface area contributed by atoms with Crippen molar-refractivity contribution in [1.82, 2.24) is 15.2 Å². The summed E-state index contributed by atoms with van der Waals surface area (Å²) in [6.07, 6.45) is 3.41. The number of hydrogen-bond acceptors (Lipinski definition) is 4. The van der Waals surface area contributed by atoms with Crippen LogP contribution in [0.25, 0.3) is 0 Å². The first-order valence-corrected chi connectivity index (χ1v) is 9.12. The molecule has 1 fully saturated rings. The molecule has 0 saturated carbocycles. The molecule has 0 atom stereocenters. The van der Waals surface area contributed by atoms with Gasteiger partial charge in [-0.25, -0.2) is 5.01 Å². The fraction of sp³-hybridized carbons (Fsp3) is 0.500. The van der Waals surface area contributed by atoms with Gasteiger partial charge in [-0.1, -0.05) is 23.7 Å². The molecule has 0 radical (unpaired) electrons. The second-order valence-electron chi connectivity index (χ2n) is 6.40. The lowest BCUT2D eigenvalue weighted by molar-refractivity contribution is -0.136. The zero-order valence-corrected chi connectivity index (χ0v) is 15.0. The van der Waals surface area contributed by atoms with Crippen LogP contribution in [0.4, 0.5) is 0 Å². The highest BCUT2D eigenvalue weighted by molar-refractivity contribution is 6.30. The normalized spacial score (nSPS) is 18.4. The second-order valence-corrected chi connectivity index (χ2v) is 6.84. The molecule has 1 aromatic rings. The standard InChI is InChI=1S/C18H23ClN4O2/c19-15-5-3-14(4-6-15)16-7-8-18(25)23(21-16)13-17(24)20-9-12-22-10-1-2-11-22/h3-6H,1-2,7-13H2,(H,20,24). The fourth-order valence-electron chi connectivity index (χ4n) is 3.13. The maximum absolute atomic E-state index is 12.1. The number of nitrogens with zero attached hydrogens (tertiary/aromatic N) is 3. The third kappa shape index (κ3) is 5.03. The molecule has 1 saturated heterocycles. The molecule has 1 aromatic carbocycles. The Labute approximate surface area is 152 Å². The summed E-state index contributed by atoms with van der Waals surface area (Å²) in [6, 6.07) is 7.35. The molecule has 0 aromatic heterocycles. The van der Waals surface area contributed by atoms with E-state index in [-0.39, 0.29) is 18.4 Å². The highest BCUT2D eigenvalue weighted by Crippen LogP contribution is 2.17. The molecule has 25 heavy (non-hydrogen) atoms. The third-order valence-corrected chi connectivity index (χ3v) is 4.78. The van der Waals surface area contributed by atoms with Gasteiger partial charge in [0.2, 0.25) is 11.8 Å². The zero-order valence-electron chi connectivity index (χ0n) is 14.2.